The molecular weight excluding hydrogens is 268 g/mol. The van der Waals surface area contributed by atoms with Gasteiger partial charge in [0.25, 0.3) is 5.89 Å². The maximum absolute atomic E-state index is 5.82. The van der Waals surface area contributed by atoms with Gasteiger partial charge in [0, 0.05) is 11.4 Å². The summed E-state index contributed by atoms with van der Waals surface area (Å²) in [6.45, 7) is 0. The highest BCUT2D eigenvalue weighted by atomic mass is 35.5. The molecule has 1 aromatic carbocycles. The lowest BCUT2D eigenvalue weighted by molar-refractivity contribution is 0.421. The van der Waals surface area contributed by atoms with Gasteiger partial charge in [-0.15, -0.1) is 5.10 Å². The van der Waals surface area contributed by atoms with Crippen molar-refractivity contribution in [1.82, 2.24) is 25.3 Å². The van der Waals surface area contributed by atoms with Crippen LogP contribution >= 0.6 is 11.6 Å². The number of hydrogen-bond acceptors (Lipinski definition) is 6. The van der Waals surface area contributed by atoms with Crippen LogP contribution in [0.5, 0.6) is 0 Å². The molecule has 8 heteroatoms. The Bertz CT molecular complexity index is 689. The summed E-state index contributed by atoms with van der Waals surface area (Å²) in [5.41, 5.74) is 6.44. The van der Waals surface area contributed by atoms with E-state index in [1.165, 1.54) is 0 Å². The van der Waals surface area contributed by atoms with Crippen LogP contribution in [0.25, 0.3) is 11.7 Å². The summed E-state index contributed by atoms with van der Waals surface area (Å²) in [7, 11) is 0. The first-order valence-corrected chi connectivity index (χ1v) is 5.84. The van der Waals surface area contributed by atoms with Crippen molar-refractivity contribution in [2.45, 2.75) is 6.42 Å². The van der Waals surface area contributed by atoms with Crippen LogP contribution in [0, 0.1) is 0 Å². The fourth-order valence-electron chi connectivity index (χ4n) is 1.58. The van der Waals surface area contributed by atoms with Crippen molar-refractivity contribution in [2.24, 2.45) is 0 Å². The van der Waals surface area contributed by atoms with Crippen molar-refractivity contribution < 1.29 is 4.52 Å². The first-order valence-electron chi connectivity index (χ1n) is 5.46. The predicted molar refractivity (Wildman–Crippen MR) is 68.3 cm³/mol. The Labute approximate surface area is 112 Å². The molecule has 3 N–H and O–H groups in total. The molecule has 0 aliphatic heterocycles. The van der Waals surface area contributed by atoms with E-state index < -0.39 is 0 Å². The van der Waals surface area contributed by atoms with Gasteiger partial charge in [0.2, 0.25) is 11.8 Å². The molecule has 3 rings (SSSR count). The minimum absolute atomic E-state index is 0.132. The molecule has 0 fully saturated rings. The Kier molecular flexibility index (Phi) is 2.88. The minimum atomic E-state index is 0.132. The molecule has 2 heterocycles. The number of nitrogen functional groups attached to an aromatic ring is 1. The highest BCUT2D eigenvalue weighted by Crippen LogP contribution is 2.15. The SMILES string of the molecule is Nc1n[nH]c(-c2nc(Cc3ccc(Cl)cc3)no2)n1. The first-order chi connectivity index (χ1) is 9.20. The number of aromatic nitrogens is 5. The molecule has 19 heavy (non-hydrogen) atoms. The Morgan fingerprint density at radius 3 is 2.68 bits per heavy atom. The minimum Gasteiger partial charge on any atom is -0.366 e. The van der Waals surface area contributed by atoms with Crippen molar-refractivity contribution in [3.63, 3.8) is 0 Å². The number of nitrogens with zero attached hydrogens (tertiary/aromatic N) is 4. The monoisotopic (exact) mass is 276 g/mol. The summed E-state index contributed by atoms with van der Waals surface area (Å²) >= 11 is 5.82. The van der Waals surface area contributed by atoms with Gasteiger partial charge in [0.15, 0.2) is 5.82 Å². The van der Waals surface area contributed by atoms with Gasteiger partial charge in [-0.2, -0.15) is 9.97 Å². The van der Waals surface area contributed by atoms with E-state index in [0.717, 1.165) is 5.56 Å². The molecule has 0 radical (unpaired) electrons. The average Bonchev–Trinajstić information content (AvgIpc) is 3.01. The molecule has 2 aromatic heterocycles. The second kappa shape index (κ2) is 4.69. The standard InChI is InChI=1S/C11H9ClN6O/c12-7-3-1-6(2-4-7)5-8-14-10(19-18-8)9-15-11(13)17-16-9/h1-4H,5H2,(H3,13,15,16,17). The van der Waals surface area contributed by atoms with E-state index in [4.69, 9.17) is 21.9 Å². The lowest BCUT2D eigenvalue weighted by Crippen LogP contribution is -1.90. The van der Waals surface area contributed by atoms with Gasteiger partial charge < -0.3 is 10.3 Å². The molecule has 0 unspecified atom stereocenters. The third kappa shape index (κ3) is 2.55. The van der Waals surface area contributed by atoms with E-state index in [1.54, 1.807) is 0 Å². The van der Waals surface area contributed by atoms with Crippen molar-refractivity contribution in [3.05, 3.63) is 40.7 Å². The van der Waals surface area contributed by atoms with E-state index in [1.807, 2.05) is 24.3 Å². The normalized spacial score (nSPS) is 10.8. The summed E-state index contributed by atoms with van der Waals surface area (Å²) in [6.07, 6.45) is 0.546. The third-order valence-corrected chi connectivity index (χ3v) is 2.70. The summed E-state index contributed by atoms with van der Waals surface area (Å²) < 4.78 is 5.08. The number of aromatic amines is 1. The van der Waals surface area contributed by atoms with Crippen molar-refractivity contribution in [1.29, 1.82) is 0 Å². The molecule has 0 aliphatic rings. The van der Waals surface area contributed by atoms with Crippen LogP contribution in [0.2, 0.25) is 5.02 Å². The Balaban J connectivity index is 1.80. The molecule has 0 spiro atoms. The van der Waals surface area contributed by atoms with Crippen LogP contribution < -0.4 is 5.73 Å². The third-order valence-electron chi connectivity index (χ3n) is 2.45. The summed E-state index contributed by atoms with van der Waals surface area (Å²) in [4.78, 5) is 8.12. The Morgan fingerprint density at radius 2 is 2.00 bits per heavy atom. The van der Waals surface area contributed by atoms with Gasteiger partial charge in [-0.25, -0.2) is 0 Å². The lowest BCUT2D eigenvalue weighted by Gasteiger charge is -1.95. The zero-order valence-corrected chi connectivity index (χ0v) is 10.4. The van der Waals surface area contributed by atoms with Crippen LogP contribution in [0.1, 0.15) is 11.4 Å². The van der Waals surface area contributed by atoms with E-state index >= 15 is 0 Å². The van der Waals surface area contributed by atoms with Gasteiger partial charge >= 0.3 is 0 Å². The number of rotatable bonds is 3. The van der Waals surface area contributed by atoms with E-state index in [0.29, 0.717) is 23.1 Å². The largest absolute Gasteiger partial charge is 0.366 e. The summed E-state index contributed by atoms with van der Waals surface area (Å²) in [5.74, 6) is 1.29. The van der Waals surface area contributed by atoms with E-state index in [-0.39, 0.29) is 11.8 Å². The molecule has 0 amide bonds. The molecule has 0 aliphatic carbocycles. The topological polar surface area (TPSA) is 107 Å². The number of nitrogens with one attached hydrogen (secondary N) is 1. The second-order valence-corrected chi connectivity index (χ2v) is 4.30. The molecule has 0 saturated heterocycles. The first kappa shape index (κ1) is 11.7. The molecule has 0 atom stereocenters. The number of anilines is 1. The van der Waals surface area contributed by atoms with Crippen LogP contribution in [-0.4, -0.2) is 25.3 Å². The van der Waals surface area contributed by atoms with Crippen molar-refractivity contribution in [2.75, 3.05) is 5.73 Å². The molecule has 96 valence electrons. The number of hydrogen-bond donors (Lipinski definition) is 2. The van der Waals surface area contributed by atoms with Gasteiger partial charge in [-0.3, -0.25) is 5.10 Å². The van der Waals surface area contributed by atoms with Gasteiger partial charge in [0.1, 0.15) is 0 Å². The fraction of sp³-hybridized carbons (Fsp3) is 0.0909. The smallest absolute Gasteiger partial charge is 0.295 e. The molecule has 0 saturated carbocycles. The van der Waals surface area contributed by atoms with Crippen LogP contribution in [-0.2, 0) is 6.42 Å². The highest BCUT2D eigenvalue weighted by Gasteiger charge is 2.12. The van der Waals surface area contributed by atoms with Gasteiger partial charge in [-0.1, -0.05) is 28.9 Å². The average molecular weight is 277 g/mol. The summed E-state index contributed by atoms with van der Waals surface area (Å²) in [5, 5.41) is 10.9. The summed E-state index contributed by atoms with van der Waals surface area (Å²) in [6, 6.07) is 7.44. The Hall–Kier alpha value is -2.41. The van der Waals surface area contributed by atoms with E-state index in [2.05, 4.69) is 25.3 Å². The molecule has 3 aromatic rings. The molecule has 0 bridgehead atoms. The number of nitrogens with two attached hydrogens (primary N) is 1. The zero-order chi connectivity index (χ0) is 13.2. The van der Waals surface area contributed by atoms with Crippen LogP contribution in [0.3, 0.4) is 0 Å². The fourth-order valence-corrected chi connectivity index (χ4v) is 1.70. The maximum Gasteiger partial charge on any atom is 0.295 e. The maximum atomic E-state index is 5.82. The zero-order valence-electron chi connectivity index (χ0n) is 9.67. The van der Waals surface area contributed by atoms with Crippen LogP contribution in [0.15, 0.2) is 28.8 Å². The number of benzene rings is 1. The number of halogens is 1. The lowest BCUT2D eigenvalue weighted by atomic mass is 10.1. The van der Waals surface area contributed by atoms with E-state index in [9.17, 15) is 0 Å². The molecule has 7 nitrogen and oxygen atoms in total. The van der Waals surface area contributed by atoms with Gasteiger partial charge in [0.05, 0.1) is 0 Å². The second-order valence-electron chi connectivity index (χ2n) is 3.86. The van der Waals surface area contributed by atoms with Crippen molar-refractivity contribution >= 4 is 17.5 Å². The van der Waals surface area contributed by atoms with Crippen molar-refractivity contribution in [3.8, 4) is 11.7 Å². The highest BCUT2D eigenvalue weighted by molar-refractivity contribution is 6.30. The Morgan fingerprint density at radius 1 is 1.21 bits per heavy atom. The van der Waals surface area contributed by atoms with Crippen LogP contribution in [0.4, 0.5) is 5.95 Å². The molecular formula is C11H9ClN6O. The number of H-pyrrole nitrogens is 1. The predicted octanol–water partition coefficient (Wildman–Crippen LogP) is 1.68. The quantitative estimate of drug-likeness (QED) is 0.754. The van der Waals surface area contributed by atoms with Gasteiger partial charge in [-0.05, 0) is 17.7 Å².